The zero-order valence-electron chi connectivity index (χ0n) is 9.44. The van der Waals surface area contributed by atoms with Gasteiger partial charge in [-0.3, -0.25) is 4.79 Å². The zero-order chi connectivity index (χ0) is 11.5. The molecule has 3 N–H and O–H groups in total. The van der Waals surface area contributed by atoms with Crippen LogP contribution in [0.15, 0.2) is 18.2 Å². The van der Waals surface area contributed by atoms with Crippen molar-refractivity contribution in [3.8, 4) is 0 Å². The molecule has 1 heterocycles. The van der Waals surface area contributed by atoms with Crippen LogP contribution in [0.1, 0.15) is 29.0 Å². The van der Waals surface area contributed by atoms with E-state index >= 15 is 0 Å². The number of nitrogens with two attached hydrogens (primary N) is 1. The Morgan fingerprint density at radius 2 is 2.31 bits per heavy atom. The van der Waals surface area contributed by atoms with E-state index in [9.17, 15) is 4.79 Å². The van der Waals surface area contributed by atoms with Crippen LogP contribution < -0.4 is 11.1 Å². The Balaban J connectivity index is 1.84. The molecule has 1 aliphatic carbocycles. The van der Waals surface area contributed by atoms with E-state index in [1.807, 2.05) is 19.1 Å². The van der Waals surface area contributed by atoms with Crippen molar-refractivity contribution in [2.24, 2.45) is 11.7 Å². The van der Waals surface area contributed by atoms with Crippen molar-refractivity contribution in [2.75, 3.05) is 6.54 Å². The number of amides is 1. The Hall–Kier alpha value is -1.42. The Morgan fingerprint density at radius 1 is 1.56 bits per heavy atom. The van der Waals surface area contributed by atoms with Crippen LogP contribution in [0.5, 0.6) is 0 Å². The highest BCUT2D eigenvalue weighted by Crippen LogP contribution is 2.24. The maximum Gasteiger partial charge on any atom is 0.269 e. The van der Waals surface area contributed by atoms with Crippen molar-refractivity contribution in [1.29, 1.82) is 0 Å². The first-order chi connectivity index (χ1) is 7.65. The molecule has 16 heavy (non-hydrogen) atoms. The molecule has 0 aromatic carbocycles. The Morgan fingerprint density at radius 3 is 2.94 bits per heavy atom. The molecule has 1 aliphatic rings. The van der Waals surface area contributed by atoms with Gasteiger partial charge in [-0.1, -0.05) is 6.07 Å². The highest BCUT2D eigenvalue weighted by molar-refractivity contribution is 5.92. The molecule has 4 nitrogen and oxygen atoms in total. The molecule has 1 saturated carbocycles. The number of nitrogens with one attached hydrogen (secondary N) is 1. The number of carbonyl (C=O) groups is 1. The van der Waals surface area contributed by atoms with Gasteiger partial charge >= 0.3 is 0 Å². The van der Waals surface area contributed by atoms with Crippen LogP contribution in [0.3, 0.4) is 0 Å². The average Bonchev–Trinajstić information content (AvgIpc) is 2.22. The van der Waals surface area contributed by atoms with Gasteiger partial charge in [0.15, 0.2) is 0 Å². The van der Waals surface area contributed by atoms with Gasteiger partial charge in [-0.15, -0.1) is 0 Å². The fourth-order valence-electron chi connectivity index (χ4n) is 1.95. The molecular weight excluding hydrogens is 202 g/mol. The quantitative estimate of drug-likeness (QED) is 0.792. The van der Waals surface area contributed by atoms with Crippen LogP contribution >= 0.6 is 0 Å². The minimum Gasteiger partial charge on any atom is -0.350 e. The number of hydrogen-bond acceptors (Lipinski definition) is 3. The van der Waals surface area contributed by atoms with E-state index in [0.29, 0.717) is 24.2 Å². The van der Waals surface area contributed by atoms with Crippen molar-refractivity contribution >= 4 is 5.91 Å². The molecule has 0 aliphatic heterocycles. The summed E-state index contributed by atoms with van der Waals surface area (Å²) < 4.78 is 0. The smallest absolute Gasteiger partial charge is 0.269 e. The zero-order valence-corrected chi connectivity index (χ0v) is 9.44. The van der Waals surface area contributed by atoms with Crippen LogP contribution in [-0.4, -0.2) is 23.5 Å². The molecule has 0 bridgehead atoms. The van der Waals surface area contributed by atoms with Crippen molar-refractivity contribution in [1.82, 2.24) is 10.3 Å². The van der Waals surface area contributed by atoms with Crippen LogP contribution in [0, 0.1) is 12.8 Å². The van der Waals surface area contributed by atoms with E-state index in [1.54, 1.807) is 6.07 Å². The molecule has 0 radical (unpaired) electrons. The number of rotatable bonds is 3. The van der Waals surface area contributed by atoms with Crippen molar-refractivity contribution in [3.05, 3.63) is 29.6 Å². The third-order valence-corrected chi connectivity index (χ3v) is 2.94. The van der Waals surface area contributed by atoms with Gasteiger partial charge in [-0.25, -0.2) is 4.98 Å². The fourth-order valence-corrected chi connectivity index (χ4v) is 1.95. The summed E-state index contributed by atoms with van der Waals surface area (Å²) in [6, 6.07) is 5.78. The summed E-state index contributed by atoms with van der Waals surface area (Å²) in [6.07, 6.45) is 2.03. The Bertz CT molecular complexity index is 386. The average molecular weight is 219 g/mol. The standard InChI is InChI=1S/C12H17N3O/c1-8-3-2-4-11(15-8)12(16)14-7-9-5-10(13)6-9/h2-4,9-10H,5-7,13H2,1H3,(H,14,16). The minimum atomic E-state index is -0.0934. The van der Waals surface area contributed by atoms with Crippen molar-refractivity contribution < 1.29 is 4.79 Å². The number of carbonyl (C=O) groups excluding carboxylic acids is 1. The maximum atomic E-state index is 11.7. The molecule has 86 valence electrons. The normalized spacial score (nSPS) is 23.6. The molecule has 1 aromatic heterocycles. The SMILES string of the molecule is Cc1cccc(C(=O)NCC2CC(N)C2)n1. The maximum absolute atomic E-state index is 11.7. The minimum absolute atomic E-state index is 0.0934. The lowest BCUT2D eigenvalue weighted by Gasteiger charge is -2.32. The molecule has 0 saturated heterocycles. The van der Waals surface area contributed by atoms with Gasteiger partial charge in [0.1, 0.15) is 5.69 Å². The second-order valence-corrected chi connectivity index (χ2v) is 4.47. The third-order valence-electron chi connectivity index (χ3n) is 2.94. The Kier molecular flexibility index (Phi) is 3.19. The Labute approximate surface area is 95.3 Å². The fraction of sp³-hybridized carbons (Fsp3) is 0.500. The molecule has 0 unspecified atom stereocenters. The second kappa shape index (κ2) is 4.61. The van der Waals surface area contributed by atoms with Crippen LogP contribution in [0.2, 0.25) is 0 Å². The predicted molar refractivity (Wildman–Crippen MR) is 62.0 cm³/mol. The summed E-state index contributed by atoms with van der Waals surface area (Å²) >= 11 is 0. The molecule has 1 fully saturated rings. The van der Waals surface area contributed by atoms with E-state index < -0.39 is 0 Å². The second-order valence-electron chi connectivity index (χ2n) is 4.47. The van der Waals surface area contributed by atoms with Gasteiger partial charge in [0.2, 0.25) is 0 Å². The van der Waals surface area contributed by atoms with E-state index in [2.05, 4.69) is 10.3 Å². The first-order valence-corrected chi connectivity index (χ1v) is 5.62. The molecule has 0 spiro atoms. The van der Waals surface area contributed by atoms with Crippen LogP contribution in [0.4, 0.5) is 0 Å². The predicted octanol–water partition coefficient (Wildman–Crippen LogP) is 0.857. The number of aromatic nitrogens is 1. The lowest BCUT2D eigenvalue weighted by molar-refractivity contribution is 0.0930. The highest BCUT2D eigenvalue weighted by Gasteiger charge is 2.26. The third kappa shape index (κ3) is 2.58. The first-order valence-electron chi connectivity index (χ1n) is 5.62. The van der Waals surface area contributed by atoms with Gasteiger partial charge in [-0.2, -0.15) is 0 Å². The van der Waals surface area contributed by atoms with E-state index in [0.717, 1.165) is 18.5 Å². The van der Waals surface area contributed by atoms with Gasteiger partial charge in [0.25, 0.3) is 5.91 Å². The summed E-state index contributed by atoms with van der Waals surface area (Å²) in [6.45, 7) is 2.59. The van der Waals surface area contributed by atoms with Crippen molar-refractivity contribution in [3.63, 3.8) is 0 Å². The summed E-state index contributed by atoms with van der Waals surface area (Å²) in [4.78, 5) is 15.9. The molecular formula is C12H17N3O. The topological polar surface area (TPSA) is 68.0 Å². The van der Waals surface area contributed by atoms with Gasteiger partial charge in [0, 0.05) is 18.3 Å². The van der Waals surface area contributed by atoms with Crippen molar-refractivity contribution in [2.45, 2.75) is 25.8 Å². The summed E-state index contributed by atoms with van der Waals surface area (Å²) in [7, 11) is 0. The van der Waals surface area contributed by atoms with Gasteiger partial charge in [0.05, 0.1) is 0 Å². The number of pyridine rings is 1. The summed E-state index contributed by atoms with van der Waals surface area (Å²) in [5.41, 5.74) is 7.03. The molecule has 2 rings (SSSR count). The summed E-state index contributed by atoms with van der Waals surface area (Å²) in [5, 5.41) is 2.89. The number of nitrogens with zero attached hydrogens (tertiary/aromatic N) is 1. The number of aryl methyl sites for hydroxylation is 1. The van der Waals surface area contributed by atoms with E-state index in [1.165, 1.54) is 0 Å². The molecule has 0 atom stereocenters. The molecule has 1 aromatic rings. The number of hydrogen-bond donors (Lipinski definition) is 2. The largest absolute Gasteiger partial charge is 0.350 e. The summed E-state index contributed by atoms with van der Waals surface area (Å²) in [5.74, 6) is 0.452. The van der Waals surface area contributed by atoms with E-state index in [-0.39, 0.29) is 5.91 Å². The van der Waals surface area contributed by atoms with Gasteiger partial charge in [-0.05, 0) is 37.8 Å². The van der Waals surface area contributed by atoms with Crippen LogP contribution in [0.25, 0.3) is 0 Å². The van der Waals surface area contributed by atoms with Gasteiger partial charge < -0.3 is 11.1 Å². The van der Waals surface area contributed by atoms with E-state index in [4.69, 9.17) is 5.73 Å². The molecule has 1 amide bonds. The lowest BCUT2D eigenvalue weighted by atomic mass is 9.81. The lowest BCUT2D eigenvalue weighted by Crippen LogP contribution is -2.42. The molecule has 4 heteroatoms. The monoisotopic (exact) mass is 219 g/mol. The highest BCUT2D eigenvalue weighted by atomic mass is 16.1. The first kappa shape index (κ1) is 11.1. The van der Waals surface area contributed by atoms with Crippen LogP contribution in [-0.2, 0) is 0 Å².